The van der Waals surface area contributed by atoms with Crippen LogP contribution in [0.25, 0.3) is 6.08 Å². The van der Waals surface area contributed by atoms with E-state index in [1.165, 1.54) is 48.6 Å². The van der Waals surface area contributed by atoms with Gasteiger partial charge in [-0.25, -0.2) is 4.79 Å². The third kappa shape index (κ3) is 2.93. The number of aromatic carboxylic acids is 1. The number of pyridine rings is 1. The molecule has 0 saturated heterocycles. The average molecular weight is 402 g/mol. The minimum absolute atomic E-state index is 0.240. The molecule has 0 spiro atoms. The van der Waals surface area contributed by atoms with Crippen LogP contribution in [-0.4, -0.2) is 16.1 Å². The molecular weight excluding hydrogens is 370 g/mol. The standard InChI is InChI=1S/C27H31NO2/c1-25(2)11-12-26(3,4)22-14-19(6-8-21(22)25)27-10-9-17(23(27)15-27)13-20-7-5-18(16-28-20)24(29)30/h5-8,13-14,16,23H,9-12,15H2,1-4H3,(H,29,30). The van der Waals surface area contributed by atoms with Crippen molar-refractivity contribution < 1.29 is 9.90 Å². The van der Waals surface area contributed by atoms with Crippen LogP contribution in [0.3, 0.4) is 0 Å². The van der Waals surface area contributed by atoms with Gasteiger partial charge in [0.2, 0.25) is 0 Å². The Morgan fingerprint density at radius 2 is 1.77 bits per heavy atom. The van der Waals surface area contributed by atoms with Gasteiger partial charge in [0.15, 0.2) is 0 Å². The largest absolute Gasteiger partial charge is 0.478 e. The number of benzene rings is 1. The molecule has 0 amide bonds. The van der Waals surface area contributed by atoms with Crippen LogP contribution >= 0.6 is 0 Å². The predicted octanol–water partition coefficient (Wildman–Crippen LogP) is 6.26. The molecule has 30 heavy (non-hydrogen) atoms. The zero-order valence-electron chi connectivity index (χ0n) is 18.5. The quantitative estimate of drug-likeness (QED) is 0.660. The molecule has 0 bridgehead atoms. The third-order valence-corrected chi connectivity index (χ3v) is 8.18. The van der Waals surface area contributed by atoms with Crippen molar-refractivity contribution in [2.24, 2.45) is 5.92 Å². The van der Waals surface area contributed by atoms with E-state index in [4.69, 9.17) is 5.11 Å². The lowest BCUT2D eigenvalue weighted by Crippen LogP contribution is -2.34. The summed E-state index contributed by atoms with van der Waals surface area (Å²) in [5.74, 6) is -0.321. The summed E-state index contributed by atoms with van der Waals surface area (Å²) >= 11 is 0. The first-order chi connectivity index (χ1) is 14.1. The Balaban J connectivity index is 1.44. The van der Waals surface area contributed by atoms with Crippen LogP contribution in [0.5, 0.6) is 0 Å². The van der Waals surface area contributed by atoms with Crippen molar-refractivity contribution in [2.75, 3.05) is 0 Å². The first-order valence-electron chi connectivity index (χ1n) is 11.2. The van der Waals surface area contributed by atoms with E-state index in [9.17, 15) is 4.79 Å². The number of fused-ring (bicyclic) bond motifs is 2. The fraction of sp³-hybridized carbons (Fsp3) is 0.481. The molecule has 3 aliphatic rings. The molecule has 2 fully saturated rings. The van der Waals surface area contributed by atoms with E-state index in [2.05, 4.69) is 57.0 Å². The second kappa shape index (κ2) is 6.29. The van der Waals surface area contributed by atoms with Crippen molar-refractivity contribution in [1.82, 2.24) is 4.98 Å². The van der Waals surface area contributed by atoms with Gasteiger partial charge in [0.1, 0.15) is 0 Å². The predicted molar refractivity (Wildman–Crippen MR) is 120 cm³/mol. The first-order valence-corrected chi connectivity index (χ1v) is 11.2. The topological polar surface area (TPSA) is 50.2 Å². The fourth-order valence-electron chi connectivity index (χ4n) is 5.95. The number of hydrogen-bond acceptors (Lipinski definition) is 2. The van der Waals surface area contributed by atoms with Crippen LogP contribution < -0.4 is 0 Å². The molecule has 5 rings (SSSR count). The van der Waals surface area contributed by atoms with Crippen LogP contribution in [-0.2, 0) is 16.2 Å². The van der Waals surface area contributed by atoms with Gasteiger partial charge in [-0.3, -0.25) is 4.98 Å². The van der Waals surface area contributed by atoms with Crippen molar-refractivity contribution >= 4 is 12.0 Å². The number of rotatable bonds is 3. The Hall–Kier alpha value is -2.42. The number of nitrogens with zero attached hydrogens (tertiary/aromatic N) is 1. The molecule has 3 heteroatoms. The highest BCUT2D eigenvalue weighted by atomic mass is 16.4. The maximum atomic E-state index is 11.0. The van der Waals surface area contributed by atoms with Gasteiger partial charge in [-0.2, -0.15) is 0 Å². The van der Waals surface area contributed by atoms with Crippen molar-refractivity contribution in [3.05, 3.63) is 70.0 Å². The molecule has 1 N–H and O–H groups in total. The van der Waals surface area contributed by atoms with Gasteiger partial charge in [-0.1, -0.05) is 51.5 Å². The molecule has 1 aromatic carbocycles. The van der Waals surface area contributed by atoms with Crippen molar-refractivity contribution in [3.63, 3.8) is 0 Å². The van der Waals surface area contributed by atoms with E-state index < -0.39 is 5.97 Å². The molecule has 2 saturated carbocycles. The normalized spacial score (nSPS) is 29.3. The highest BCUT2D eigenvalue weighted by Gasteiger charge is 2.60. The summed E-state index contributed by atoms with van der Waals surface area (Å²) in [5.41, 5.74) is 8.01. The first kappa shape index (κ1) is 19.5. The van der Waals surface area contributed by atoms with E-state index >= 15 is 0 Å². The van der Waals surface area contributed by atoms with Gasteiger partial charge in [0, 0.05) is 11.6 Å². The van der Waals surface area contributed by atoms with Crippen LogP contribution in [0.15, 0.2) is 42.1 Å². The van der Waals surface area contributed by atoms with Crippen LogP contribution in [0.4, 0.5) is 0 Å². The fourth-order valence-corrected chi connectivity index (χ4v) is 5.95. The molecule has 0 radical (unpaired) electrons. The van der Waals surface area contributed by atoms with Crippen LogP contribution in [0, 0.1) is 5.92 Å². The number of carboxylic acid groups (broad SMARTS) is 1. The second-order valence-corrected chi connectivity index (χ2v) is 10.9. The Kier molecular flexibility index (Phi) is 4.10. The number of hydrogen-bond donors (Lipinski definition) is 1. The molecule has 2 aromatic rings. The maximum Gasteiger partial charge on any atom is 0.337 e. The van der Waals surface area contributed by atoms with Crippen LogP contribution in [0.2, 0.25) is 0 Å². The lowest BCUT2D eigenvalue weighted by Gasteiger charge is -2.42. The van der Waals surface area contributed by atoms with Gasteiger partial charge in [-0.15, -0.1) is 0 Å². The minimum Gasteiger partial charge on any atom is -0.478 e. The van der Waals surface area contributed by atoms with Gasteiger partial charge >= 0.3 is 5.97 Å². The second-order valence-electron chi connectivity index (χ2n) is 10.9. The highest BCUT2D eigenvalue weighted by Crippen LogP contribution is 2.67. The lowest BCUT2D eigenvalue weighted by atomic mass is 9.62. The maximum absolute atomic E-state index is 11.0. The molecule has 2 unspecified atom stereocenters. The molecular formula is C27H31NO2. The summed E-state index contributed by atoms with van der Waals surface area (Å²) in [6.07, 6.45) is 9.69. The number of carbonyl (C=O) groups is 1. The van der Waals surface area contributed by atoms with E-state index in [1.807, 2.05) is 6.07 Å². The Morgan fingerprint density at radius 3 is 2.40 bits per heavy atom. The summed E-state index contributed by atoms with van der Waals surface area (Å²) in [7, 11) is 0. The smallest absolute Gasteiger partial charge is 0.337 e. The summed E-state index contributed by atoms with van der Waals surface area (Å²) in [6, 6.07) is 10.8. The number of aromatic nitrogens is 1. The Labute approximate surface area is 179 Å². The molecule has 3 nitrogen and oxygen atoms in total. The average Bonchev–Trinajstić information content (AvgIpc) is 3.35. The molecule has 1 aromatic heterocycles. The van der Waals surface area contributed by atoms with E-state index in [0.29, 0.717) is 11.3 Å². The monoisotopic (exact) mass is 401 g/mol. The minimum atomic E-state index is -0.928. The SMILES string of the molecule is CC1(C)CCC(C)(C)c2cc(C34CCC(=Cc5ccc(C(=O)O)cn5)C3C4)ccc21. The Morgan fingerprint density at radius 1 is 1.03 bits per heavy atom. The van der Waals surface area contributed by atoms with Gasteiger partial charge in [0.05, 0.1) is 11.3 Å². The summed E-state index contributed by atoms with van der Waals surface area (Å²) in [5, 5.41) is 9.07. The highest BCUT2D eigenvalue weighted by molar-refractivity contribution is 5.87. The zero-order chi connectivity index (χ0) is 21.3. The van der Waals surface area contributed by atoms with Crippen LogP contribution in [0.1, 0.15) is 92.5 Å². The van der Waals surface area contributed by atoms with Crippen molar-refractivity contribution in [1.29, 1.82) is 0 Å². The van der Waals surface area contributed by atoms with Gasteiger partial charge in [0.25, 0.3) is 0 Å². The number of allylic oxidation sites excluding steroid dienone is 1. The zero-order valence-corrected chi connectivity index (χ0v) is 18.5. The summed E-state index contributed by atoms with van der Waals surface area (Å²) < 4.78 is 0. The third-order valence-electron chi connectivity index (χ3n) is 8.18. The molecule has 2 atom stereocenters. The molecule has 1 heterocycles. The van der Waals surface area contributed by atoms with Crippen molar-refractivity contribution in [2.45, 2.75) is 76.0 Å². The molecule has 0 aliphatic heterocycles. The van der Waals surface area contributed by atoms with Gasteiger partial charge < -0.3 is 5.11 Å². The summed E-state index contributed by atoms with van der Waals surface area (Å²) in [6.45, 7) is 9.58. The van der Waals surface area contributed by atoms with E-state index in [-0.39, 0.29) is 16.4 Å². The van der Waals surface area contributed by atoms with E-state index in [0.717, 1.165) is 12.1 Å². The lowest BCUT2D eigenvalue weighted by molar-refractivity contribution is 0.0696. The van der Waals surface area contributed by atoms with E-state index in [1.54, 1.807) is 11.6 Å². The number of carboxylic acids is 1. The summed E-state index contributed by atoms with van der Waals surface area (Å²) in [4.78, 5) is 15.4. The van der Waals surface area contributed by atoms with Gasteiger partial charge in [-0.05, 0) is 83.8 Å². The van der Waals surface area contributed by atoms with Crippen molar-refractivity contribution in [3.8, 4) is 0 Å². The molecule has 156 valence electrons. The Bertz CT molecular complexity index is 1060. The molecule has 3 aliphatic carbocycles.